The summed E-state index contributed by atoms with van der Waals surface area (Å²) in [5.41, 5.74) is 2.28. The van der Waals surface area contributed by atoms with Crippen molar-refractivity contribution in [1.82, 2.24) is 0 Å². The predicted octanol–water partition coefficient (Wildman–Crippen LogP) is 4.71. The number of rotatable bonds is 3. The van der Waals surface area contributed by atoms with Crippen LogP contribution in [0.2, 0.25) is 0 Å². The number of fused-ring (bicyclic) bond motifs is 1. The number of hydrogen-bond acceptors (Lipinski definition) is 2. The van der Waals surface area contributed by atoms with Gasteiger partial charge in [-0.3, -0.25) is 4.79 Å². The van der Waals surface area contributed by atoms with E-state index in [1.54, 1.807) is 6.07 Å². The highest BCUT2D eigenvalue weighted by atomic mass is 79.9. The van der Waals surface area contributed by atoms with Gasteiger partial charge in [0.15, 0.2) is 5.78 Å². The molecule has 21 heavy (non-hydrogen) atoms. The molecule has 3 rings (SSSR count). The summed E-state index contributed by atoms with van der Waals surface area (Å²) in [4.78, 5) is 12.4. The Hall–Kier alpha value is -1.20. The summed E-state index contributed by atoms with van der Waals surface area (Å²) >= 11 is 6.75. The van der Waals surface area contributed by atoms with Gasteiger partial charge in [-0.05, 0) is 35.9 Å². The van der Waals surface area contributed by atoms with E-state index in [2.05, 4.69) is 31.9 Å². The molecule has 2 aromatic rings. The molecule has 0 saturated heterocycles. The van der Waals surface area contributed by atoms with Gasteiger partial charge in [0.05, 0.1) is 6.61 Å². The Labute approximate surface area is 138 Å². The Balaban J connectivity index is 1.94. The molecule has 2 aromatic carbocycles. The number of carbonyl (C=O) groups is 1. The third-order valence-electron chi connectivity index (χ3n) is 3.41. The van der Waals surface area contributed by atoms with Crippen molar-refractivity contribution >= 4 is 37.6 Å². The van der Waals surface area contributed by atoms with Crippen LogP contribution in [0.3, 0.4) is 0 Å². The van der Waals surface area contributed by atoms with Crippen molar-refractivity contribution in [3.63, 3.8) is 0 Å². The summed E-state index contributed by atoms with van der Waals surface area (Å²) in [7, 11) is 0. The summed E-state index contributed by atoms with van der Waals surface area (Å²) in [5.74, 6) is 0.230. The Morgan fingerprint density at radius 1 is 1.24 bits per heavy atom. The smallest absolute Gasteiger partial charge is 0.168 e. The summed E-state index contributed by atoms with van der Waals surface area (Å²) < 4.78 is 20.5. The molecule has 0 amide bonds. The van der Waals surface area contributed by atoms with E-state index in [1.165, 1.54) is 12.1 Å². The molecule has 1 aliphatic rings. The highest BCUT2D eigenvalue weighted by Gasteiger charge is 2.20. The maximum absolute atomic E-state index is 13.3. The molecule has 0 saturated carbocycles. The number of hydrogen-bond donors (Lipinski definition) is 0. The van der Waals surface area contributed by atoms with Crippen LogP contribution in [0.5, 0.6) is 5.75 Å². The molecular formula is C16H11Br2FO2. The topological polar surface area (TPSA) is 26.3 Å². The molecule has 5 heteroatoms. The summed E-state index contributed by atoms with van der Waals surface area (Å²) in [5, 5.41) is 0. The van der Waals surface area contributed by atoms with Crippen molar-refractivity contribution in [1.29, 1.82) is 0 Å². The lowest BCUT2D eigenvalue weighted by atomic mass is 10.00. The zero-order chi connectivity index (χ0) is 15.0. The van der Waals surface area contributed by atoms with Gasteiger partial charge in [0, 0.05) is 32.9 Å². The van der Waals surface area contributed by atoms with Gasteiger partial charge >= 0.3 is 0 Å². The van der Waals surface area contributed by atoms with E-state index >= 15 is 0 Å². The lowest BCUT2D eigenvalue weighted by Crippen LogP contribution is -2.06. The zero-order valence-corrected chi connectivity index (χ0v) is 14.1. The molecule has 1 heterocycles. The van der Waals surface area contributed by atoms with E-state index in [0.717, 1.165) is 27.8 Å². The van der Waals surface area contributed by atoms with Gasteiger partial charge in [-0.1, -0.05) is 31.9 Å². The Morgan fingerprint density at radius 3 is 2.86 bits per heavy atom. The molecule has 2 nitrogen and oxygen atoms in total. The van der Waals surface area contributed by atoms with Gasteiger partial charge in [0.1, 0.15) is 11.6 Å². The summed E-state index contributed by atoms with van der Waals surface area (Å²) in [6.07, 6.45) is 1.03. The van der Waals surface area contributed by atoms with Crippen LogP contribution in [0.1, 0.15) is 21.5 Å². The molecule has 0 N–H and O–H groups in total. The van der Waals surface area contributed by atoms with Crippen molar-refractivity contribution in [2.75, 3.05) is 6.61 Å². The molecule has 0 spiro atoms. The first-order valence-electron chi connectivity index (χ1n) is 6.47. The average molecular weight is 414 g/mol. The van der Waals surface area contributed by atoms with Gasteiger partial charge < -0.3 is 4.74 Å². The van der Waals surface area contributed by atoms with Crippen LogP contribution in [-0.4, -0.2) is 12.4 Å². The lowest BCUT2D eigenvalue weighted by Gasteiger charge is -2.09. The van der Waals surface area contributed by atoms with Gasteiger partial charge in [-0.25, -0.2) is 4.39 Å². The van der Waals surface area contributed by atoms with Crippen molar-refractivity contribution < 1.29 is 13.9 Å². The normalized spacial score (nSPS) is 12.9. The molecule has 0 bridgehead atoms. The first-order chi connectivity index (χ1) is 10.0. The van der Waals surface area contributed by atoms with Crippen LogP contribution in [0.25, 0.3) is 0 Å². The molecule has 1 aliphatic heterocycles. The number of ether oxygens (including phenoxy) is 1. The van der Waals surface area contributed by atoms with E-state index in [0.29, 0.717) is 16.6 Å². The fraction of sp³-hybridized carbons (Fsp3) is 0.188. The van der Waals surface area contributed by atoms with E-state index in [1.807, 2.05) is 12.1 Å². The van der Waals surface area contributed by atoms with E-state index in [4.69, 9.17) is 4.74 Å². The minimum atomic E-state index is -0.419. The minimum Gasteiger partial charge on any atom is -0.493 e. The maximum atomic E-state index is 13.3. The third kappa shape index (κ3) is 3.04. The van der Waals surface area contributed by atoms with Gasteiger partial charge in [0.2, 0.25) is 0 Å². The Bertz CT molecular complexity index is 728. The van der Waals surface area contributed by atoms with Crippen LogP contribution >= 0.6 is 31.9 Å². The van der Waals surface area contributed by atoms with Gasteiger partial charge in [-0.15, -0.1) is 0 Å². The van der Waals surface area contributed by atoms with E-state index in [9.17, 15) is 9.18 Å². The first kappa shape index (κ1) is 14.7. The second-order valence-corrected chi connectivity index (χ2v) is 6.65. The monoisotopic (exact) mass is 412 g/mol. The molecule has 0 aromatic heterocycles. The number of halogens is 3. The van der Waals surface area contributed by atoms with Crippen molar-refractivity contribution in [3.8, 4) is 5.75 Å². The predicted molar refractivity (Wildman–Crippen MR) is 85.5 cm³/mol. The number of benzene rings is 2. The Morgan fingerprint density at radius 2 is 2.05 bits per heavy atom. The second-order valence-electron chi connectivity index (χ2n) is 4.88. The number of ketones is 1. The molecule has 0 aliphatic carbocycles. The van der Waals surface area contributed by atoms with Gasteiger partial charge in [0.25, 0.3) is 0 Å². The quantitative estimate of drug-likeness (QED) is 0.681. The van der Waals surface area contributed by atoms with Crippen molar-refractivity contribution in [2.45, 2.75) is 12.8 Å². The van der Waals surface area contributed by atoms with Crippen LogP contribution < -0.4 is 4.74 Å². The number of Topliss-reactive ketones (excluding diaryl/α,β-unsaturated/α-hetero) is 1. The second kappa shape index (κ2) is 5.89. The fourth-order valence-electron chi connectivity index (χ4n) is 2.46. The fourth-order valence-corrected chi connectivity index (χ4v) is 3.48. The standard InChI is InChI=1S/C16H11Br2FO2/c17-11-5-9-3-4-21-16(9)10(6-11)7-15(20)13-8-12(19)1-2-14(13)18/h1-2,5-6,8H,3-4,7H2. The van der Waals surface area contributed by atoms with E-state index < -0.39 is 5.82 Å². The molecule has 0 radical (unpaired) electrons. The van der Waals surface area contributed by atoms with Crippen molar-refractivity contribution in [2.24, 2.45) is 0 Å². The molecule has 108 valence electrons. The summed E-state index contributed by atoms with van der Waals surface area (Å²) in [6, 6.07) is 8.01. The number of carbonyl (C=O) groups excluding carboxylic acids is 1. The zero-order valence-electron chi connectivity index (χ0n) is 11.0. The van der Waals surface area contributed by atoms with Gasteiger partial charge in [-0.2, -0.15) is 0 Å². The minimum absolute atomic E-state index is 0.142. The van der Waals surface area contributed by atoms with Crippen LogP contribution in [0.4, 0.5) is 4.39 Å². The Kier molecular flexibility index (Phi) is 4.13. The average Bonchev–Trinajstić information content (AvgIpc) is 2.89. The van der Waals surface area contributed by atoms with Crippen LogP contribution in [0.15, 0.2) is 39.3 Å². The van der Waals surface area contributed by atoms with E-state index in [-0.39, 0.29) is 12.2 Å². The first-order valence-corrected chi connectivity index (χ1v) is 8.05. The van der Waals surface area contributed by atoms with Crippen LogP contribution in [-0.2, 0) is 12.8 Å². The third-order valence-corrected chi connectivity index (χ3v) is 4.55. The van der Waals surface area contributed by atoms with Crippen molar-refractivity contribution in [3.05, 3.63) is 61.8 Å². The molecule has 0 unspecified atom stereocenters. The molecular weight excluding hydrogens is 403 g/mol. The lowest BCUT2D eigenvalue weighted by molar-refractivity contribution is 0.0991. The SMILES string of the molecule is O=C(Cc1cc(Br)cc2c1OCC2)c1cc(F)ccc1Br. The van der Waals surface area contributed by atoms with Crippen LogP contribution in [0, 0.1) is 5.82 Å². The summed E-state index contributed by atoms with van der Waals surface area (Å²) in [6.45, 7) is 0.636. The molecule has 0 atom stereocenters. The maximum Gasteiger partial charge on any atom is 0.168 e. The largest absolute Gasteiger partial charge is 0.493 e. The molecule has 0 fully saturated rings. The highest BCUT2D eigenvalue weighted by Crippen LogP contribution is 2.34. The highest BCUT2D eigenvalue weighted by molar-refractivity contribution is 9.10.